The number of benzene rings is 3. The van der Waals surface area contributed by atoms with Crippen molar-refractivity contribution >= 4 is 17.8 Å². The molecule has 0 spiro atoms. The van der Waals surface area contributed by atoms with Gasteiger partial charge in [-0.25, -0.2) is 9.48 Å². The van der Waals surface area contributed by atoms with Crippen LogP contribution in [0.1, 0.15) is 41.0 Å². The SMILES string of the molecule is C[C@@](CO)(C[C@@H](Cc1ccc(-c2ccccc2)cc1)NC(=O)c1cn(COC(=O)[C@H](N)c2ccccc2)nn1)C(=O)O. The van der Waals surface area contributed by atoms with E-state index in [0.717, 1.165) is 16.7 Å². The molecular weight excluding hydrogens is 538 g/mol. The second-order valence-electron chi connectivity index (χ2n) is 10.3. The van der Waals surface area contributed by atoms with Crippen molar-refractivity contribution in [3.8, 4) is 11.1 Å². The van der Waals surface area contributed by atoms with E-state index in [1.807, 2.05) is 60.7 Å². The molecule has 4 aromatic rings. The minimum absolute atomic E-state index is 0.0336. The Morgan fingerprint density at radius 2 is 1.60 bits per heavy atom. The molecule has 3 aromatic carbocycles. The lowest BCUT2D eigenvalue weighted by Gasteiger charge is -2.28. The average molecular weight is 572 g/mol. The maximum atomic E-state index is 13.1. The molecule has 0 radical (unpaired) electrons. The van der Waals surface area contributed by atoms with Crippen LogP contribution in [0.25, 0.3) is 11.1 Å². The highest BCUT2D eigenvalue weighted by Crippen LogP contribution is 2.26. The third-order valence-electron chi connectivity index (χ3n) is 6.96. The molecule has 11 heteroatoms. The topological polar surface area (TPSA) is 170 Å². The van der Waals surface area contributed by atoms with Gasteiger partial charge in [0, 0.05) is 6.04 Å². The second kappa shape index (κ2) is 13.7. The fourth-order valence-corrected chi connectivity index (χ4v) is 4.43. The van der Waals surface area contributed by atoms with Gasteiger partial charge in [0.2, 0.25) is 0 Å². The van der Waals surface area contributed by atoms with E-state index in [-0.39, 0.29) is 18.8 Å². The predicted molar refractivity (Wildman–Crippen MR) is 154 cm³/mol. The van der Waals surface area contributed by atoms with Gasteiger partial charge in [-0.1, -0.05) is 90.1 Å². The summed E-state index contributed by atoms with van der Waals surface area (Å²) in [6.07, 6.45) is 1.59. The largest absolute Gasteiger partial charge is 0.481 e. The number of hydrogen-bond donors (Lipinski definition) is 4. The first kappa shape index (κ1) is 30.1. The molecular formula is C31H33N5O6. The summed E-state index contributed by atoms with van der Waals surface area (Å²) in [6, 6.07) is 24.7. The van der Waals surface area contributed by atoms with Crippen LogP contribution in [0.3, 0.4) is 0 Å². The Morgan fingerprint density at radius 1 is 0.976 bits per heavy atom. The Morgan fingerprint density at radius 3 is 2.21 bits per heavy atom. The van der Waals surface area contributed by atoms with Gasteiger partial charge in [-0.3, -0.25) is 9.59 Å². The summed E-state index contributed by atoms with van der Waals surface area (Å²) < 4.78 is 6.40. The van der Waals surface area contributed by atoms with Crippen LogP contribution in [-0.4, -0.2) is 55.7 Å². The quantitative estimate of drug-likeness (QED) is 0.176. The maximum absolute atomic E-state index is 13.1. The van der Waals surface area contributed by atoms with Crippen molar-refractivity contribution in [2.75, 3.05) is 6.61 Å². The molecule has 1 heterocycles. The Kier molecular flexibility index (Phi) is 9.79. The third-order valence-corrected chi connectivity index (χ3v) is 6.96. The molecule has 0 aliphatic rings. The summed E-state index contributed by atoms with van der Waals surface area (Å²) in [5.41, 5.74) is 7.97. The number of hydrogen-bond acceptors (Lipinski definition) is 8. The number of carboxylic acids is 1. The molecule has 11 nitrogen and oxygen atoms in total. The molecule has 0 saturated heterocycles. The van der Waals surface area contributed by atoms with E-state index in [2.05, 4.69) is 15.6 Å². The van der Waals surface area contributed by atoms with Crippen molar-refractivity contribution in [2.45, 2.75) is 38.6 Å². The molecule has 0 unspecified atom stereocenters. The fraction of sp³-hybridized carbons (Fsp3) is 0.258. The minimum Gasteiger partial charge on any atom is -0.481 e. The van der Waals surface area contributed by atoms with Gasteiger partial charge in [-0.15, -0.1) is 5.10 Å². The van der Waals surface area contributed by atoms with Gasteiger partial charge >= 0.3 is 11.9 Å². The van der Waals surface area contributed by atoms with Crippen molar-refractivity contribution < 1.29 is 29.3 Å². The van der Waals surface area contributed by atoms with Gasteiger partial charge in [0.25, 0.3) is 5.91 Å². The number of aliphatic hydroxyl groups excluding tert-OH is 1. The number of rotatable bonds is 13. The standard InChI is InChI=1S/C31H33N5O6/c1-31(19-37,30(40)41)17-25(16-21-12-14-23(15-13-21)22-8-4-2-5-9-22)33-28(38)26-18-36(35-34-26)20-42-29(39)27(32)24-10-6-3-7-11-24/h2-15,18,25,27,37H,16-17,19-20,32H2,1H3,(H,33,38)(H,40,41)/t25-,27-,31+/m1/s1. The van der Waals surface area contributed by atoms with Crippen LogP contribution in [0.2, 0.25) is 0 Å². The van der Waals surface area contributed by atoms with Crippen LogP contribution in [0.15, 0.2) is 91.1 Å². The molecule has 0 aliphatic carbocycles. The van der Waals surface area contributed by atoms with Crippen molar-refractivity contribution in [2.24, 2.45) is 11.1 Å². The summed E-state index contributed by atoms with van der Waals surface area (Å²) >= 11 is 0. The van der Waals surface area contributed by atoms with E-state index < -0.39 is 42.0 Å². The minimum atomic E-state index is -1.48. The Bertz CT molecular complexity index is 1490. The molecule has 1 aromatic heterocycles. The number of aliphatic hydroxyl groups is 1. The van der Waals surface area contributed by atoms with Crippen LogP contribution in [-0.2, 0) is 27.5 Å². The normalized spacial score (nSPS) is 13.9. The number of amides is 1. The van der Waals surface area contributed by atoms with E-state index in [4.69, 9.17) is 10.5 Å². The summed E-state index contributed by atoms with van der Waals surface area (Å²) in [7, 11) is 0. The number of nitrogens with two attached hydrogens (primary N) is 1. The van der Waals surface area contributed by atoms with E-state index in [1.54, 1.807) is 24.3 Å². The van der Waals surface area contributed by atoms with Gasteiger partial charge in [-0.2, -0.15) is 0 Å². The van der Waals surface area contributed by atoms with Crippen LogP contribution >= 0.6 is 0 Å². The Balaban J connectivity index is 1.43. The zero-order chi connectivity index (χ0) is 30.1. The number of ether oxygens (including phenoxy) is 1. The van der Waals surface area contributed by atoms with Crippen molar-refractivity contribution in [1.29, 1.82) is 0 Å². The van der Waals surface area contributed by atoms with Crippen molar-refractivity contribution in [3.63, 3.8) is 0 Å². The number of carbonyl (C=O) groups excluding carboxylic acids is 2. The monoisotopic (exact) mass is 571 g/mol. The lowest BCUT2D eigenvalue weighted by molar-refractivity contribution is -0.151. The summed E-state index contributed by atoms with van der Waals surface area (Å²) in [5.74, 6) is -2.44. The van der Waals surface area contributed by atoms with Gasteiger partial charge < -0.3 is 26.0 Å². The molecule has 42 heavy (non-hydrogen) atoms. The predicted octanol–water partition coefficient (Wildman–Crippen LogP) is 2.96. The fourth-order valence-electron chi connectivity index (χ4n) is 4.43. The number of nitrogens with zero attached hydrogens (tertiary/aromatic N) is 3. The highest BCUT2D eigenvalue weighted by Gasteiger charge is 2.36. The molecule has 4 rings (SSSR count). The van der Waals surface area contributed by atoms with Gasteiger partial charge in [-0.05, 0) is 42.0 Å². The number of esters is 1. The lowest BCUT2D eigenvalue weighted by atomic mass is 9.82. The van der Waals surface area contributed by atoms with Crippen molar-refractivity contribution in [3.05, 3.63) is 108 Å². The first-order valence-electron chi connectivity index (χ1n) is 13.4. The molecule has 0 bridgehead atoms. The van der Waals surface area contributed by atoms with Gasteiger partial charge in [0.15, 0.2) is 12.4 Å². The highest BCUT2D eigenvalue weighted by molar-refractivity contribution is 5.92. The summed E-state index contributed by atoms with van der Waals surface area (Å²) in [5, 5.41) is 30.1. The summed E-state index contributed by atoms with van der Waals surface area (Å²) in [6.45, 7) is 0.518. The summed E-state index contributed by atoms with van der Waals surface area (Å²) in [4.78, 5) is 37.4. The molecule has 1 amide bonds. The maximum Gasteiger partial charge on any atom is 0.329 e. The van der Waals surface area contributed by atoms with Crippen LogP contribution in [0.5, 0.6) is 0 Å². The molecule has 5 N–H and O–H groups in total. The first-order valence-corrected chi connectivity index (χ1v) is 13.4. The highest BCUT2D eigenvalue weighted by atomic mass is 16.5. The van der Waals surface area contributed by atoms with E-state index in [1.165, 1.54) is 17.8 Å². The van der Waals surface area contributed by atoms with E-state index in [0.29, 0.717) is 12.0 Å². The smallest absolute Gasteiger partial charge is 0.329 e. The number of carbonyl (C=O) groups is 3. The number of carboxylic acid groups (broad SMARTS) is 1. The number of aromatic nitrogens is 3. The Hall–Kier alpha value is -4.87. The molecule has 3 atom stereocenters. The van der Waals surface area contributed by atoms with Gasteiger partial charge in [0.1, 0.15) is 6.04 Å². The molecule has 0 saturated carbocycles. The van der Waals surface area contributed by atoms with Crippen LogP contribution in [0.4, 0.5) is 0 Å². The third kappa shape index (κ3) is 7.65. The van der Waals surface area contributed by atoms with Crippen LogP contribution < -0.4 is 11.1 Å². The first-order chi connectivity index (χ1) is 20.2. The van der Waals surface area contributed by atoms with E-state index in [9.17, 15) is 24.6 Å². The average Bonchev–Trinajstić information content (AvgIpc) is 3.50. The molecule has 0 fully saturated rings. The number of aliphatic carboxylic acids is 1. The zero-order valence-corrected chi connectivity index (χ0v) is 23.1. The Labute approximate surface area is 242 Å². The van der Waals surface area contributed by atoms with Crippen molar-refractivity contribution in [1.82, 2.24) is 20.3 Å². The number of nitrogens with one attached hydrogen (secondary N) is 1. The van der Waals surface area contributed by atoms with Gasteiger partial charge in [0.05, 0.1) is 18.2 Å². The van der Waals surface area contributed by atoms with Crippen LogP contribution in [0, 0.1) is 5.41 Å². The lowest BCUT2D eigenvalue weighted by Crippen LogP contribution is -2.44. The van der Waals surface area contributed by atoms with E-state index >= 15 is 0 Å². The second-order valence-corrected chi connectivity index (χ2v) is 10.3. The zero-order valence-electron chi connectivity index (χ0n) is 23.1. The molecule has 0 aliphatic heterocycles. The molecule has 218 valence electrons.